The lowest BCUT2D eigenvalue weighted by Gasteiger charge is -2.35. The lowest BCUT2D eigenvalue weighted by Crippen LogP contribution is -2.47. The second-order valence-corrected chi connectivity index (χ2v) is 4.96. The van der Waals surface area contributed by atoms with Gasteiger partial charge in [0.25, 0.3) is 0 Å². The molecule has 1 amide bonds. The van der Waals surface area contributed by atoms with Gasteiger partial charge >= 0.3 is 6.09 Å². The molecule has 18 heavy (non-hydrogen) atoms. The van der Waals surface area contributed by atoms with Gasteiger partial charge in [0, 0.05) is 6.04 Å². The minimum Gasteiger partial charge on any atom is -0.449 e. The molecule has 0 bridgehead atoms. The van der Waals surface area contributed by atoms with Crippen molar-refractivity contribution in [2.75, 3.05) is 6.61 Å². The molecular formula is C14H24NO3. The third kappa shape index (κ3) is 4.31. The topological polar surface area (TPSA) is 46.6 Å². The summed E-state index contributed by atoms with van der Waals surface area (Å²) >= 11 is 0. The predicted molar refractivity (Wildman–Crippen MR) is 70.1 cm³/mol. The fourth-order valence-corrected chi connectivity index (χ4v) is 2.42. The second kappa shape index (κ2) is 8.11. The number of hydrogen-bond donors (Lipinski definition) is 0. The Morgan fingerprint density at radius 3 is 2.61 bits per heavy atom. The lowest BCUT2D eigenvalue weighted by atomic mass is 9.93. The molecule has 1 fully saturated rings. The smallest absolute Gasteiger partial charge is 0.410 e. The van der Waals surface area contributed by atoms with Crippen molar-refractivity contribution in [2.45, 2.75) is 70.9 Å². The summed E-state index contributed by atoms with van der Waals surface area (Å²) in [4.78, 5) is 24.5. The van der Waals surface area contributed by atoms with Crippen LogP contribution in [0.15, 0.2) is 0 Å². The summed E-state index contributed by atoms with van der Waals surface area (Å²) in [5, 5.41) is 0. The Hall–Kier alpha value is -1.06. The predicted octanol–water partition coefficient (Wildman–Crippen LogP) is 3.06. The van der Waals surface area contributed by atoms with E-state index in [1.807, 2.05) is 6.29 Å². The quantitative estimate of drug-likeness (QED) is 0.684. The molecule has 0 aromatic rings. The number of nitrogens with zero attached hydrogens (tertiary/aromatic N) is 1. The summed E-state index contributed by atoms with van der Waals surface area (Å²) in [6, 6.07) is -0.369. The first-order chi connectivity index (χ1) is 8.70. The highest BCUT2D eigenvalue weighted by Gasteiger charge is 2.30. The van der Waals surface area contributed by atoms with Crippen molar-refractivity contribution in [1.82, 2.24) is 4.90 Å². The van der Waals surface area contributed by atoms with Crippen molar-refractivity contribution in [3.8, 4) is 0 Å². The zero-order chi connectivity index (χ0) is 13.4. The standard InChI is InChI=1S/C14H24NO3/c1-3-4-10-18-14(17)15(12(2)11-16)13-8-6-5-7-9-13/h12-13H,3-10H2,1-2H3/t12-/m0/s1. The molecule has 1 saturated carbocycles. The van der Waals surface area contributed by atoms with Gasteiger partial charge in [-0.3, -0.25) is 9.69 Å². The van der Waals surface area contributed by atoms with Crippen LogP contribution in [0.25, 0.3) is 0 Å². The molecule has 1 aliphatic carbocycles. The molecule has 4 heteroatoms. The van der Waals surface area contributed by atoms with Crippen molar-refractivity contribution in [3.05, 3.63) is 0 Å². The van der Waals surface area contributed by atoms with Crippen LogP contribution >= 0.6 is 0 Å². The van der Waals surface area contributed by atoms with Gasteiger partial charge in [-0.2, -0.15) is 0 Å². The maximum Gasteiger partial charge on any atom is 0.410 e. The van der Waals surface area contributed by atoms with Crippen molar-refractivity contribution < 1.29 is 14.3 Å². The van der Waals surface area contributed by atoms with Gasteiger partial charge in [0.05, 0.1) is 12.6 Å². The molecule has 4 nitrogen and oxygen atoms in total. The van der Waals surface area contributed by atoms with Gasteiger partial charge in [-0.15, -0.1) is 0 Å². The molecule has 0 spiro atoms. The van der Waals surface area contributed by atoms with Gasteiger partial charge in [0.15, 0.2) is 0 Å². The Balaban J connectivity index is 2.58. The Bertz CT molecular complexity index is 262. The van der Waals surface area contributed by atoms with Crippen molar-refractivity contribution in [1.29, 1.82) is 0 Å². The Morgan fingerprint density at radius 2 is 2.06 bits per heavy atom. The first-order valence-corrected chi connectivity index (χ1v) is 7.03. The minimum absolute atomic E-state index is 0.143. The van der Waals surface area contributed by atoms with Gasteiger partial charge in [0.1, 0.15) is 0 Å². The summed E-state index contributed by atoms with van der Waals surface area (Å²) in [5.74, 6) is 0. The maximum absolute atomic E-state index is 12.0. The van der Waals surface area contributed by atoms with E-state index in [9.17, 15) is 9.59 Å². The van der Waals surface area contributed by atoms with Crippen LogP contribution < -0.4 is 0 Å². The molecule has 1 atom stereocenters. The minimum atomic E-state index is -0.512. The van der Waals surface area contributed by atoms with Crippen LogP contribution in [-0.2, 0) is 9.53 Å². The van der Waals surface area contributed by atoms with Crippen molar-refractivity contribution >= 4 is 12.4 Å². The SMILES string of the molecule is CCCCOC(=O)N(C1CCCCC1)[C@@H](C)[C]=O. The normalized spacial score (nSPS) is 18.1. The molecule has 1 aliphatic rings. The van der Waals surface area contributed by atoms with Gasteiger partial charge in [-0.05, 0) is 26.2 Å². The van der Waals surface area contributed by atoms with E-state index in [4.69, 9.17) is 4.74 Å². The van der Waals surface area contributed by atoms with Crippen LogP contribution in [0.3, 0.4) is 0 Å². The average molecular weight is 254 g/mol. The van der Waals surface area contributed by atoms with Crippen LogP contribution in [0, 0.1) is 0 Å². The van der Waals surface area contributed by atoms with E-state index in [2.05, 4.69) is 6.92 Å². The van der Waals surface area contributed by atoms with Crippen LogP contribution in [0.2, 0.25) is 0 Å². The molecule has 0 aromatic heterocycles. The summed E-state index contributed by atoms with van der Waals surface area (Å²) in [6.45, 7) is 4.20. The van der Waals surface area contributed by atoms with Crippen LogP contribution in [-0.4, -0.2) is 36.0 Å². The molecular weight excluding hydrogens is 230 g/mol. The molecule has 0 N–H and O–H groups in total. The molecule has 1 rings (SSSR count). The van der Waals surface area contributed by atoms with Crippen molar-refractivity contribution in [2.24, 2.45) is 0 Å². The highest BCUT2D eigenvalue weighted by Crippen LogP contribution is 2.24. The zero-order valence-corrected chi connectivity index (χ0v) is 11.5. The number of rotatable bonds is 6. The summed E-state index contributed by atoms with van der Waals surface area (Å²) in [5.41, 5.74) is 0. The summed E-state index contributed by atoms with van der Waals surface area (Å²) < 4.78 is 5.23. The number of unbranched alkanes of at least 4 members (excludes halogenated alkanes) is 1. The monoisotopic (exact) mass is 254 g/mol. The fraction of sp³-hybridized carbons (Fsp3) is 0.857. The Labute approximate surface area is 110 Å². The third-order valence-electron chi connectivity index (χ3n) is 3.49. The van der Waals surface area contributed by atoms with E-state index in [1.165, 1.54) is 6.42 Å². The van der Waals surface area contributed by atoms with Gasteiger partial charge < -0.3 is 4.74 Å². The molecule has 0 saturated heterocycles. The average Bonchev–Trinajstić information content (AvgIpc) is 2.40. The van der Waals surface area contributed by atoms with E-state index in [0.29, 0.717) is 6.61 Å². The van der Waals surface area contributed by atoms with Gasteiger partial charge in [0.2, 0.25) is 6.29 Å². The first-order valence-electron chi connectivity index (χ1n) is 7.03. The molecule has 103 valence electrons. The Kier molecular flexibility index (Phi) is 6.76. The van der Waals surface area contributed by atoms with Gasteiger partial charge in [-0.25, -0.2) is 4.79 Å². The molecule has 0 heterocycles. The van der Waals surface area contributed by atoms with E-state index < -0.39 is 6.04 Å². The van der Waals surface area contributed by atoms with Crippen molar-refractivity contribution in [3.63, 3.8) is 0 Å². The fourth-order valence-electron chi connectivity index (χ4n) is 2.42. The van der Waals surface area contributed by atoms with E-state index in [1.54, 1.807) is 11.8 Å². The van der Waals surface area contributed by atoms with Crippen LogP contribution in [0.4, 0.5) is 4.79 Å². The molecule has 1 radical (unpaired) electrons. The number of amides is 1. The lowest BCUT2D eigenvalue weighted by molar-refractivity contribution is 0.0696. The zero-order valence-electron chi connectivity index (χ0n) is 11.5. The largest absolute Gasteiger partial charge is 0.449 e. The Morgan fingerprint density at radius 1 is 1.39 bits per heavy atom. The van der Waals surface area contributed by atoms with E-state index >= 15 is 0 Å². The van der Waals surface area contributed by atoms with E-state index in [0.717, 1.165) is 38.5 Å². The highest BCUT2D eigenvalue weighted by atomic mass is 16.6. The number of carbonyl (C=O) groups is 1. The summed E-state index contributed by atoms with van der Waals surface area (Å²) in [7, 11) is 0. The molecule has 0 aliphatic heterocycles. The maximum atomic E-state index is 12.0. The van der Waals surface area contributed by atoms with Crippen LogP contribution in [0.5, 0.6) is 0 Å². The van der Waals surface area contributed by atoms with Crippen LogP contribution in [0.1, 0.15) is 58.8 Å². The first kappa shape index (κ1) is 15.0. The third-order valence-corrected chi connectivity index (χ3v) is 3.49. The number of hydrogen-bond acceptors (Lipinski definition) is 3. The second-order valence-electron chi connectivity index (χ2n) is 4.96. The number of ether oxygens (including phenoxy) is 1. The molecule has 0 unspecified atom stereocenters. The highest BCUT2D eigenvalue weighted by molar-refractivity contribution is 5.73. The summed E-state index contributed by atoms with van der Waals surface area (Å²) in [6.07, 6.45) is 8.80. The van der Waals surface area contributed by atoms with Gasteiger partial charge in [-0.1, -0.05) is 32.6 Å². The number of carbonyl (C=O) groups excluding carboxylic acids is 2. The molecule has 0 aromatic carbocycles. The van der Waals surface area contributed by atoms with E-state index in [-0.39, 0.29) is 12.1 Å².